The van der Waals surface area contributed by atoms with Crippen LogP contribution in [0.2, 0.25) is 0 Å². The van der Waals surface area contributed by atoms with Gasteiger partial charge >= 0.3 is 0 Å². The van der Waals surface area contributed by atoms with Crippen molar-refractivity contribution in [3.63, 3.8) is 0 Å². The van der Waals surface area contributed by atoms with Crippen LogP contribution in [0.3, 0.4) is 0 Å². The predicted octanol–water partition coefficient (Wildman–Crippen LogP) is 2.86. The monoisotopic (exact) mass is 292 g/mol. The highest BCUT2D eigenvalue weighted by Crippen LogP contribution is 2.29. The maximum atomic E-state index is 14.4. The maximum Gasteiger partial charge on any atom is 0.256 e. The molecule has 0 aliphatic heterocycles. The third-order valence-corrected chi connectivity index (χ3v) is 3.28. The number of hydrogen-bond donors (Lipinski definition) is 1. The van der Waals surface area contributed by atoms with E-state index in [1.807, 2.05) is 34.7 Å². The third-order valence-electron chi connectivity index (χ3n) is 3.28. The molecular formula is C15H21FN4O. The van der Waals surface area contributed by atoms with Gasteiger partial charge in [0.1, 0.15) is 5.69 Å². The number of pyridine rings is 1. The molecule has 21 heavy (non-hydrogen) atoms. The van der Waals surface area contributed by atoms with Gasteiger partial charge in [-0.15, -0.1) is 0 Å². The number of rotatable bonds is 5. The molecule has 2 aromatic heterocycles. The summed E-state index contributed by atoms with van der Waals surface area (Å²) >= 11 is 0. The Balaban J connectivity index is 2.26. The molecule has 5 nitrogen and oxygen atoms in total. The molecule has 0 aromatic carbocycles. The smallest absolute Gasteiger partial charge is 0.256 e. The Labute approximate surface area is 124 Å². The lowest BCUT2D eigenvalue weighted by atomic mass is 10.2. The summed E-state index contributed by atoms with van der Waals surface area (Å²) in [7, 11) is 1.82. The molecule has 2 heterocycles. The van der Waals surface area contributed by atoms with Gasteiger partial charge in [0.25, 0.3) is 5.88 Å². The van der Waals surface area contributed by atoms with Gasteiger partial charge in [-0.05, 0) is 19.9 Å². The Morgan fingerprint density at radius 1 is 1.38 bits per heavy atom. The third kappa shape index (κ3) is 3.39. The average Bonchev–Trinajstić information content (AvgIpc) is 2.66. The molecule has 0 atom stereocenters. The number of nitrogens with zero attached hydrogens (tertiary/aromatic N) is 3. The zero-order valence-electron chi connectivity index (χ0n) is 13.1. The molecule has 2 rings (SSSR count). The van der Waals surface area contributed by atoms with Crippen molar-refractivity contribution < 1.29 is 9.13 Å². The number of nitrogens with one attached hydrogen (secondary N) is 1. The fourth-order valence-electron chi connectivity index (χ4n) is 1.98. The van der Waals surface area contributed by atoms with Gasteiger partial charge in [0.2, 0.25) is 0 Å². The van der Waals surface area contributed by atoms with Crippen molar-refractivity contribution in [1.29, 1.82) is 0 Å². The zero-order chi connectivity index (χ0) is 15.6. The van der Waals surface area contributed by atoms with E-state index in [4.69, 9.17) is 4.74 Å². The molecule has 6 heteroatoms. The number of hydrogen-bond acceptors (Lipinski definition) is 4. The minimum atomic E-state index is -0.437. The van der Waals surface area contributed by atoms with Crippen molar-refractivity contribution in [2.75, 3.05) is 0 Å². The molecule has 2 aromatic rings. The maximum absolute atomic E-state index is 14.4. The van der Waals surface area contributed by atoms with Crippen molar-refractivity contribution in [3.05, 3.63) is 35.0 Å². The lowest BCUT2D eigenvalue weighted by Gasteiger charge is -2.11. The van der Waals surface area contributed by atoms with Crippen LogP contribution in [0.15, 0.2) is 12.3 Å². The Bertz CT molecular complexity index is 637. The first-order valence-electron chi connectivity index (χ1n) is 6.95. The van der Waals surface area contributed by atoms with E-state index >= 15 is 0 Å². The van der Waals surface area contributed by atoms with E-state index < -0.39 is 5.82 Å². The van der Waals surface area contributed by atoms with Gasteiger partial charge in [-0.25, -0.2) is 9.37 Å². The van der Waals surface area contributed by atoms with E-state index in [1.54, 1.807) is 16.9 Å². The van der Waals surface area contributed by atoms with E-state index in [-0.39, 0.29) is 11.9 Å². The lowest BCUT2D eigenvalue weighted by Crippen LogP contribution is -2.22. The summed E-state index contributed by atoms with van der Waals surface area (Å²) in [6.45, 7) is 8.16. The highest BCUT2D eigenvalue weighted by Gasteiger charge is 2.17. The molecule has 0 unspecified atom stereocenters. The van der Waals surface area contributed by atoms with Gasteiger partial charge in [-0.2, -0.15) is 5.10 Å². The molecule has 0 aliphatic carbocycles. The van der Waals surface area contributed by atoms with Gasteiger partial charge in [0.15, 0.2) is 11.6 Å². The number of halogens is 1. The molecule has 0 spiro atoms. The van der Waals surface area contributed by atoms with E-state index in [0.29, 0.717) is 23.6 Å². The molecule has 0 saturated carbocycles. The summed E-state index contributed by atoms with van der Waals surface area (Å²) in [5.41, 5.74) is 2.08. The summed E-state index contributed by atoms with van der Waals surface area (Å²) in [5, 5.41) is 7.43. The standard InChI is InChI=1S/C15H21FN4O/c1-9(2)18-8-12-6-7-17-15(13(12)16)21-14-10(3)19-20(5)11(14)4/h6-7,9,18H,8H2,1-5H3. The van der Waals surface area contributed by atoms with Gasteiger partial charge in [0, 0.05) is 31.4 Å². The first kappa shape index (κ1) is 15.4. The van der Waals surface area contributed by atoms with E-state index in [1.165, 1.54) is 0 Å². The van der Waals surface area contributed by atoms with Crippen LogP contribution in [0.4, 0.5) is 4.39 Å². The molecular weight excluding hydrogens is 271 g/mol. The molecule has 0 fully saturated rings. The molecule has 0 radical (unpaired) electrons. The molecule has 0 saturated heterocycles. The normalized spacial score (nSPS) is 11.2. The second-order valence-corrected chi connectivity index (χ2v) is 5.35. The molecule has 0 bridgehead atoms. The Kier molecular flexibility index (Phi) is 4.57. The van der Waals surface area contributed by atoms with Crippen molar-refractivity contribution in [1.82, 2.24) is 20.1 Å². The van der Waals surface area contributed by atoms with Crippen molar-refractivity contribution in [3.8, 4) is 11.6 Å². The fraction of sp³-hybridized carbons (Fsp3) is 0.467. The Morgan fingerprint density at radius 2 is 2.10 bits per heavy atom. The SMILES string of the molecule is Cc1nn(C)c(C)c1Oc1nccc(CNC(C)C)c1F. The highest BCUT2D eigenvalue weighted by molar-refractivity contribution is 5.36. The Hall–Kier alpha value is -1.95. The van der Waals surface area contributed by atoms with Crippen LogP contribution >= 0.6 is 0 Å². The summed E-state index contributed by atoms with van der Waals surface area (Å²) in [6, 6.07) is 1.94. The molecule has 1 N–H and O–H groups in total. The molecule has 114 valence electrons. The summed E-state index contributed by atoms with van der Waals surface area (Å²) < 4.78 is 21.8. The van der Waals surface area contributed by atoms with Crippen LogP contribution in [0.5, 0.6) is 11.6 Å². The average molecular weight is 292 g/mol. The molecule has 0 amide bonds. The van der Waals surface area contributed by atoms with Crippen LogP contribution in [0.1, 0.15) is 30.8 Å². The number of ether oxygens (including phenoxy) is 1. The second-order valence-electron chi connectivity index (χ2n) is 5.35. The largest absolute Gasteiger partial charge is 0.433 e. The lowest BCUT2D eigenvalue weighted by molar-refractivity contribution is 0.411. The van der Waals surface area contributed by atoms with E-state index in [0.717, 1.165) is 5.69 Å². The van der Waals surface area contributed by atoms with Crippen LogP contribution in [-0.2, 0) is 13.6 Å². The highest BCUT2D eigenvalue weighted by atomic mass is 19.1. The fourth-order valence-corrected chi connectivity index (χ4v) is 1.98. The molecule has 0 aliphatic rings. The number of aryl methyl sites for hydroxylation is 2. The van der Waals surface area contributed by atoms with Crippen LogP contribution in [0.25, 0.3) is 0 Å². The van der Waals surface area contributed by atoms with Crippen LogP contribution in [-0.4, -0.2) is 20.8 Å². The van der Waals surface area contributed by atoms with Gasteiger partial charge in [0.05, 0.1) is 5.69 Å². The van der Waals surface area contributed by atoms with Gasteiger partial charge in [-0.1, -0.05) is 13.8 Å². The number of aromatic nitrogens is 3. The van der Waals surface area contributed by atoms with E-state index in [9.17, 15) is 4.39 Å². The quantitative estimate of drug-likeness (QED) is 0.920. The van der Waals surface area contributed by atoms with Crippen molar-refractivity contribution >= 4 is 0 Å². The van der Waals surface area contributed by atoms with Crippen LogP contribution < -0.4 is 10.1 Å². The summed E-state index contributed by atoms with van der Waals surface area (Å²) in [5.74, 6) is 0.100. The van der Waals surface area contributed by atoms with Crippen molar-refractivity contribution in [2.45, 2.75) is 40.3 Å². The first-order chi connectivity index (χ1) is 9.90. The van der Waals surface area contributed by atoms with Gasteiger partial charge in [-0.3, -0.25) is 4.68 Å². The second kappa shape index (κ2) is 6.22. The predicted molar refractivity (Wildman–Crippen MR) is 78.9 cm³/mol. The zero-order valence-corrected chi connectivity index (χ0v) is 13.1. The summed E-state index contributed by atoms with van der Waals surface area (Å²) in [6.07, 6.45) is 1.55. The minimum Gasteiger partial charge on any atom is -0.433 e. The topological polar surface area (TPSA) is 52.0 Å². The Morgan fingerprint density at radius 3 is 2.67 bits per heavy atom. The van der Waals surface area contributed by atoms with Gasteiger partial charge < -0.3 is 10.1 Å². The van der Waals surface area contributed by atoms with Crippen molar-refractivity contribution in [2.24, 2.45) is 7.05 Å². The van der Waals surface area contributed by atoms with Crippen LogP contribution in [0, 0.1) is 19.7 Å². The van der Waals surface area contributed by atoms with E-state index in [2.05, 4.69) is 15.4 Å². The first-order valence-corrected chi connectivity index (χ1v) is 6.95. The minimum absolute atomic E-state index is 0.0164. The summed E-state index contributed by atoms with van der Waals surface area (Å²) in [4.78, 5) is 3.99.